The van der Waals surface area contributed by atoms with Gasteiger partial charge in [0.15, 0.2) is 5.96 Å². The molecular weight excluding hydrogens is 391 g/mol. The lowest BCUT2D eigenvalue weighted by Crippen LogP contribution is -2.49. The fourth-order valence-electron chi connectivity index (χ4n) is 3.71. The Labute approximate surface area is 167 Å². The quantitative estimate of drug-likeness (QED) is 0.545. The van der Waals surface area contributed by atoms with E-state index in [1.165, 1.54) is 9.78 Å². The van der Waals surface area contributed by atoms with Crippen molar-refractivity contribution in [3.8, 4) is 0 Å². The third kappa shape index (κ3) is 6.33. The third-order valence-electron chi connectivity index (χ3n) is 5.06. The summed E-state index contributed by atoms with van der Waals surface area (Å²) in [6.45, 7) is 3.86. The Bertz CT molecular complexity index is 619. The second kappa shape index (κ2) is 9.91. The maximum atomic E-state index is 12.6. The molecule has 0 amide bonds. The molecular formula is C18H28F3N5OS. The van der Waals surface area contributed by atoms with E-state index in [4.69, 9.17) is 4.74 Å². The van der Waals surface area contributed by atoms with Crippen molar-refractivity contribution in [3.63, 3.8) is 0 Å². The highest BCUT2D eigenvalue weighted by molar-refractivity contribution is 7.10. The molecule has 3 heterocycles. The van der Waals surface area contributed by atoms with Crippen LogP contribution in [0.15, 0.2) is 22.5 Å². The van der Waals surface area contributed by atoms with Gasteiger partial charge in [0.25, 0.3) is 0 Å². The number of hydrogen-bond acceptors (Lipinski definition) is 5. The molecule has 0 saturated carbocycles. The Morgan fingerprint density at radius 3 is 2.79 bits per heavy atom. The Balaban J connectivity index is 1.52. The highest BCUT2D eigenvalue weighted by Gasteiger charge is 2.34. The minimum atomic E-state index is -4.15. The van der Waals surface area contributed by atoms with Gasteiger partial charge in [-0.15, -0.1) is 11.3 Å². The molecule has 0 spiro atoms. The van der Waals surface area contributed by atoms with E-state index in [0.29, 0.717) is 32.0 Å². The lowest BCUT2D eigenvalue weighted by atomic mass is 10.2. The highest BCUT2D eigenvalue weighted by Crippen LogP contribution is 2.25. The molecule has 2 N–H and O–H groups in total. The van der Waals surface area contributed by atoms with Crippen molar-refractivity contribution < 1.29 is 17.9 Å². The third-order valence-corrected chi connectivity index (χ3v) is 6.03. The Morgan fingerprint density at radius 2 is 2.14 bits per heavy atom. The van der Waals surface area contributed by atoms with E-state index in [2.05, 4.69) is 32.0 Å². The second-order valence-electron chi connectivity index (χ2n) is 7.11. The molecule has 28 heavy (non-hydrogen) atoms. The van der Waals surface area contributed by atoms with Crippen LogP contribution in [-0.2, 0) is 4.74 Å². The van der Waals surface area contributed by atoms with Gasteiger partial charge in [-0.3, -0.25) is 14.8 Å². The topological polar surface area (TPSA) is 52.1 Å². The van der Waals surface area contributed by atoms with Gasteiger partial charge in [-0.25, -0.2) is 0 Å². The van der Waals surface area contributed by atoms with E-state index in [1.54, 1.807) is 18.4 Å². The molecule has 158 valence electrons. The summed E-state index contributed by atoms with van der Waals surface area (Å²) in [6.07, 6.45) is -3.48. The molecule has 2 atom stereocenters. The molecule has 2 unspecified atom stereocenters. The standard InChI is InChI=1S/C18H28F3N5OS/c1-22-17(24-14-4-5-25(12-14)13-18(19,20)21)23-11-15(16-3-2-10-28-16)26-6-8-27-9-7-26/h2-3,10,14-15H,4-9,11-13H2,1H3,(H2,22,23,24). The molecule has 2 aliphatic heterocycles. The number of thiophene rings is 1. The number of alkyl halides is 3. The summed E-state index contributed by atoms with van der Waals surface area (Å²) in [5.74, 6) is 0.633. The van der Waals surface area contributed by atoms with Crippen molar-refractivity contribution in [1.29, 1.82) is 0 Å². The van der Waals surface area contributed by atoms with Crippen LogP contribution in [0.2, 0.25) is 0 Å². The molecule has 3 rings (SSSR count). The number of morpholine rings is 1. The number of aliphatic imine (C=N–C) groups is 1. The molecule has 1 aromatic heterocycles. The molecule has 0 radical (unpaired) electrons. The van der Waals surface area contributed by atoms with Gasteiger partial charge in [-0.05, 0) is 17.9 Å². The Morgan fingerprint density at radius 1 is 1.36 bits per heavy atom. The summed E-state index contributed by atoms with van der Waals surface area (Å²) in [6, 6.07) is 4.37. The summed E-state index contributed by atoms with van der Waals surface area (Å²) in [5.41, 5.74) is 0. The van der Waals surface area contributed by atoms with Crippen molar-refractivity contribution in [3.05, 3.63) is 22.4 Å². The molecule has 2 aliphatic rings. The van der Waals surface area contributed by atoms with Gasteiger partial charge >= 0.3 is 6.18 Å². The van der Waals surface area contributed by atoms with Crippen molar-refractivity contribution >= 4 is 17.3 Å². The molecule has 10 heteroatoms. The molecule has 6 nitrogen and oxygen atoms in total. The Kier molecular flexibility index (Phi) is 7.55. The lowest BCUT2D eigenvalue weighted by molar-refractivity contribution is -0.143. The number of rotatable bonds is 6. The van der Waals surface area contributed by atoms with Crippen LogP contribution in [0, 0.1) is 0 Å². The van der Waals surface area contributed by atoms with Gasteiger partial charge in [0.2, 0.25) is 0 Å². The van der Waals surface area contributed by atoms with Crippen LogP contribution < -0.4 is 10.6 Å². The summed E-state index contributed by atoms with van der Waals surface area (Å²) in [5, 5.41) is 8.72. The molecule has 0 aromatic carbocycles. The normalized spacial score (nSPS) is 23.7. The molecule has 0 bridgehead atoms. The number of guanidine groups is 1. The van der Waals surface area contributed by atoms with Crippen molar-refractivity contribution in [1.82, 2.24) is 20.4 Å². The summed E-state index contributed by atoms with van der Waals surface area (Å²) in [4.78, 5) is 9.38. The van der Waals surface area contributed by atoms with Crippen LogP contribution in [0.25, 0.3) is 0 Å². The smallest absolute Gasteiger partial charge is 0.379 e. The predicted octanol–water partition coefficient (Wildman–Crippen LogP) is 1.92. The number of halogens is 3. The van der Waals surface area contributed by atoms with Crippen molar-refractivity contribution in [2.45, 2.75) is 24.7 Å². The zero-order chi connectivity index (χ0) is 20.0. The Hall–Kier alpha value is -1.36. The largest absolute Gasteiger partial charge is 0.401 e. The van der Waals surface area contributed by atoms with Crippen LogP contribution in [0.4, 0.5) is 13.2 Å². The van der Waals surface area contributed by atoms with Gasteiger partial charge in [-0.1, -0.05) is 6.07 Å². The molecule has 2 fully saturated rings. The van der Waals surface area contributed by atoms with Crippen LogP contribution in [-0.4, -0.2) is 87.5 Å². The second-order valence-corrected chi connectivity index (χ2v) is 8.09. The van der Waals surface area contributed by atoms with E-state index in [1.807, 2.05) is 6.07 Å². The first-order valence-corrected chi connectivity index (χ1v) is 10.4. The van der Waals surface area contributed by atoms with Crippen molar-refractivity contribution in [2.24, 2.45) is 4.99 Å². The first-order chi connectivity index (χ1) is 13.4. The van der Waals surface area contributed by atoms with Crippen molar-refractivity contribution in [2.75, 3.05) is 59.5 Å². The van der Waals surface area contributed by atoms with Gasteiger partial charge in [0, 0.05) is 50.7 Å². The number of nitrogens with one attached hydrogen (secondary N) is 2. The van der Waals surface area contributed by atoms with Gasteiger partial charge in [0.1, 0.15) is 0 Å². The molecule has 1 aromatic rings. The summed E-state index contributed by atoms with van der Waals surface area (Å²) >= 11 is 1.73. The van der Waals surface area contributed by atoms with Gasteiger partial charge in [-0.2, -0.15) is 13.2 Å². The monoisotopic (exact) mass is 419 g/mol. The predicted molar refractivity (Wildman–Crippen MR) is 105 cm³/mol. The van der Waals surface area contributed by atoms with Crippen LogP contribution in [0.1, 0.15) is 17.3 Å². The summed E-state index contributed by atoms with van der Waals surface area (Å²) in [7, 11) is 1.69. The zero-order valence-corrected chi connectivity index (χ0v) is 16.9. The maximum Gasteiger partial charge on any atom is 0.401 e. The average Bonchev–Trinajstić information content (AvgIpc) is 3.33. The summed E-state index contributed by atoms with van der Waals surface area (Å²) < 4.78 is 43.2. The lowest BCUT2D eigenvalue weighted by Gasteiger charge is -2.34. The van der Waals surface area contributed by atoms with E-state index in [0.717, 1.165) is 26.3 Å². The van der Waals surface area contributed by atoms with Gasteiger partial charge < -0.3 is 15.4 Å². The SMILES string of the molecule is CN=C(NCC(c1cccs1)N1CCOCC1)NC1CCN(CC(F)(F)F)C1. The van der Waals surface area contributed by atoms with Gasteiger partial charge in [0.05, 0.1) is 25.8 Å². The molecule has 0 aliphatic carbocycles. The number of ether oxygens (including phenoxy) is 1. The zero-order valence-electron chi connectivity index (χ0n) is 16.0. The number of hydrogen-bond donors (Lipinski definition) is 2. The first-order valence-electron chi connectivity index (χ1n) is 9.56. The van der Waals surface area contributed by atoms with E-state index in [9.17, 15) is 13.2 Å². The average molecular weight is 420 g/mol. The van der Waals surface area contributed by atoms with Crippen LogP contribution in [0.3, 0.4) is 0 Å². The minimum Gasteiger partial charge on any atom is -0.379 e. The first kappa shape index (κ1) is 21.4. The van der Waals surface area contributed by atoms with E-state index in [-0.39, 0.29) is 12.1 Å². The van der Waals surface area contributed by atoms with Crippen LogP contribution >= 0.6 is 11.3 Å². The maximum absolute atomic E-state index is 12.6. The highest BCUT2D eigenvalue weighted by atomic mass is 32.1. The fraction of sp³-hybridized carbons (Fsp3) is 0.722. The number of likely N-dealkylation sites (tertiary alicyclic amines) is 1. The van der Waals surface area contributed by atoms with Crippen LogP contribution in [0.5, 0.6) is 0 Å². The fourth-order valence-corrected chi connectivity index (χ4v) is 4.57. The van der Waals surface area contributed by atoms with E-state index >= 15 is 0 Å². The molecule has 2 saturated heterocycles. The van der Waals surface area contributed by atoms with E-state index < -0.39 is 12.7 Å². The minimum absolute atomic E-state index is 0.0304. The number of nitrogens with zero attached hydrogens (tertiary/aromatic N) is 3.